The number of hydrogen-bond acceptors (Lipinski definition) is 4. The van der Waals surface area contributed by atoms with Gasteiger partial charge in [-0.25, -0.2) is 4.98 Å². The van der Waals surface area contributed by atoms with E-state index in [1.165, 1.54) is 17.4 Å². The highest BCUT2D eigenvalue weighted by Gasteiger charge is 2.36. The largest absolute Gasteiger partial charge is 0.433 e. The topological polar surface area (TPSA) is 52.2 Å². The molecule has 1 saturated carbocycles. The third-order valence-corrected chi connectivity index (χ3v) is 5.79. The fourth-order valence-corrected chi connectivity index (χ4v) is 4.54. The van der Waals surface area contributed by atoms with Gasteiger partial charge in [-0.3, -0.25) is 13.9 Å². The molecule has 0 bridgehead atoms. The standard InChI is InChI=1S/C16H14ClF3N4OS/c1-8-14(9-3-2-4-9)24-13(25)5-10(21-15(24)26-8)7-23-11(16(18,19)20)6-12(17)22-23/h5-6,9H,2-4,7H2,1H3. The summed E-state index contributed by atoms with van der Waals surface area (Å²) in [6, 6.07) is 2.04. The van der Waals surface area contributed by atoms with Crippen molar-refractivity contribution in [2.45, 2.75) is 44.8 Å². The minimum absolute atomic E-state index is 0.224. The predicted molar refractivity (Wildman–Crippen MR) is 92.0 cm³/mol. The Morgan fingerprint density at radius 1 is 1.35 bits per heavy atom. The lowest BCUT2D eigenvalue weighted by Gasteiger charge is -2.25. The fraction of sp³-hybridized carbons (Fsp3) is 0.438. The Kier molecular flexibility index (Phi) is 4.11. The summed E-state index contributed by atoms with van der Waals surface area (Å²) >= 11 is 7.01. The molecule has 4 rings (SSSR count). The maximum Gasteiger partial charge on any atom is 0.433 e. The van der Waals surface area contributed by atoms with Gasteiger partial charge >= 0.3 is 6.18 Å². The van der Waals surface area contributed by atoms with E-state index in [0.717, 1.165) is 40.6 Å². The van der Waals surface area contributed by atoms with Crippen molar-refractivity contribution in [2.24, 2.45) is 0 Å². The van der Waals surface area contributed by atoms with Crippen molar-refractivity contribution in [1.82, 2.24) is 19.2 Å². The van der Waals surface area contributed by atoms with E-state index in [1.54, 1.807) is 4.40 Å². The maximum absolute atomic E-state index is 13.1. The van der Waals surface area contributed by atoms with Gasteiger partial charge in [-0.2, -0.15) is 18.3 Å². The van der Waals surface area contributed by atoms with E-state index in [1.807, 2.05) is 6.92 Å². The van der Waals surface area contributed by atoms with Crippen molar-refractivity contribution in [1.29, 1.82) is 0 Å². The molecule has 0 saturated heterocycles. The first-order valence-corrected chi connectivity index (χ1v) is 9.26. The van der Waals surface area contributed by atoms with Gasteiger partial charge in [0.2, 0.25) is 0 Å². The molecule has 0 aromatic carbocycles. The zero-order valence-electron chi connectivity index (χ0n) is 13.7. The van der Waals surface area contributed by atoms with Gasteiger partial charge < -0.3 is 0 Å². The van der Waals surface area contributed by atoms with Crippen molar-refractivity contribution in [2.75, 3.05) is 0 Å². The molecule has 3 aromatic rings. The number of thiazole rings is 1. The summed E-state index contributed by atoms with van der Waals surface area (Å²) in [6.45, 7) is 1.67. The zero-order chi connectivity index (χ0) is 18.6. The van der Waals surface area contributed by atoms with Crippen LogP contribution in [0.2, 0.25) is 5.15 Å². The van der Waals surface area contributed by atoms with Crippen LogP contribution >= 0.6 is 22.9 Å². The Labute approximate surface area is 155 Å². The molecule has 1 fully saturated rings. The number of halogens is 4. The first-order valence-electron chi connectivity index (χ1n) is 8.06. The summed E-state index contributed by atoms with van der Waals surface area (Å²) in [7, 11) is 0. The van der Waals surface area contributed by atoms with Crippen LogP contribution in [0.5, 0.6) is 0 Å². The summed E-state index contributed by atoms with van der Waals surface area (Å²) in [5.41, 5.74) is -0.0369. The molecule has 1 aliphatic carbocycles. The highest BCUT2D eigenvalue weighted by molar-refractivity contribution is 7.17. The van der Waals surface area contributed by atoms with Crippen LogP contribution < -0.4 is 5.56 Å². The second-order valence-electron chi connectivity index (χ2n) is 6.38. The van der Waals surface area contributed by atoms with E-state index in [2.05, 4.69) is 10.1 Å². The van der Waals surface area contributed by atoms with Crippen LogP contribution in [0.3, 0.4) is 0 Å². The summed E-state index contributed by atoms with van der Waals surface area (Å²) in [6.07, 6.45) is -1.36. The molecule has 10 heteroatoms. The van der Waals surface area contributed by atoms with Gasteiger partial charge in [0, 0.05) is 28.6 Å². The molecule has 0 amide bonds. The summed E-state index contributed by atoms with van der Waals surface area (Å²) in [5.74, 6) is 0.357. The molecule has 5 nitrogen and oxygen atoms in total. The molecular formula is C16H14ClF3N4OS. The van der Waals surface area contributed by atoms with Gasteiger partial charge in [-0.15, -0.1) is 11.3 Å². The number of aromatic nitrogens is 4. The van der Waals surface area contributed by atoms with Crippen LogP contribution in [-0.4, -0.2) is 19.2 Å². The van der Waals surface area contributed by atoms with E-state index >= 15 is 0 Å². The van der Waals surface area contributed by atoms with Crippen LogP contribution in [0.4, 0.5) is 13.2 Å². The molecule has 0 aliphatic heterocycles. The third-order valence-electron chi connectivity index (χ3n) is 4.63. The predicted octanol–water partition coefficient (Wildman–Crippen LogP) is 4.25. The summed E-state index contributed by atoms with van der Waals surface area (Å²) in [4.78, 5) is 18.5. The lowest BCUT2D eigenvalue weighted by atomic mass is 9.82. The van der Waals surface area contributed by atoms with Crippen LogP contribution in [0.1, 0.15) is 47.1 Å². The molecule has 3 heterocycles. The van der Waals surface area contributed by atoms with Crippen molar-refractivity contribution in [3.63, 3.8) is 0 Å². The van der Waals surface area contributed by atoms with Crippen molar-refractivity contribution < 1.29 is 13.2 Å². The molecular weight excluding hydrogens is 389 g/mol. The first-order chi connectivity index (χ1) is 12.2. The van der Waals surface area contributed by atoms with E-state index in [4.69, 9.17) is 11.6 Å². The van der Waals surface area contributed by atoms with Crippen LogP contribution in [-0.2, 0) is 12.7 Å². The van der Waals surface area contributed by atoms with Crippen LogP contribution in [0.15, 0.2) is 16.9 Å². The Balaban J connectivity index is 1.77. The number of nitrogens with zero attached hydrogens (tertiary/aromatic N) is 4. The number of fused-ring (bicyclic) bond motifs is 1. The normalized spacial score (nSPS) is 15.6. The van der Waals surface area contributed by atoms with Crippen molar-refractivity contribution in [3.8, 4) is 0 Å². The minimum Gasteiger partial charge on any atom is -0.269 e. The lowest BCUT2D eigenvalue weighted by Crippen LogP contribution is -2.22. The van der Waals surface area contributed by atoms with Gasteiger partial charge in [0.05, 0.1) is 12.2 Å². The van der Waals surface area contributed by atoms with Gasteiger partial charge in [-0.05, 0) is 19.8 Å². The Hall–Kier alpha value is -1.87. The molecule has 1 aliphatic rings. The molecule has 0 unspecified atom stereocenters. The number of rotatable bonds is 3. The van der Waals surface area contributed by atoms with Crippen molar-refractivity contribution >= 4 is 27.9 Å². The van der Waals surface area contributed by atoms with Crippen LogP contribution in [0, 0.1) is 6.92 Å². The fourth-order valence-electron chi connectivity index (χ4n) is 3.26. The van der Waals surface area contributed by atoms with E-state index in [0.29, 0.717) is 10.9 Å². The number of hydrogen-bond donors (Lipinski definition) is 0. The van der Waals surface area contributed by atoms with Crippen LogP contribution in [0.25, 0.3) is 4.96 Å². The Morgan fingerprint density at radius 3 is 2.69 bits per heavy atom. The highest BCUT2D eigenvalue weighted by atomic mass is 35.5. The number of alkyl halides is 3. The molecule has 0 atom stereocenters. The highest BCUT2D eigenvalue weighted by Crippen LogP contribution is 2.39. The monoisotopic (exact) mass is 402 g/mol. The van der Waals surface area contributed by atoms with Gasteiger partial charge in [0.1, 0.15) is 5.69 Å². The SMILES string of the molecule is Cc1sc2nc(Cn3nc(Cl)cc3C(F)(F)F)cc(=O)n2c1C1CCC1. The van der Waals surface area contributed by atoms with E-state index < -0.39 is 11.9 Å². The average molecular weight is 403 g/mol. The van der Waals surface area contributed by atoms with E-state index in [-0.39, 0.29) is 23.0 Å². The Bertz CT molecular complexity index is 1050. The second-order valence-corrected chi connectivity index (χ2v) is 7.95. The Morgan fingerprint density at radius 2 is 2.08 bits per heavy atom. The number of aryl methyl sites for hydroxylation is 1. The molecule has 3 aromatic heterocycles. The minimum atomic E-state index is -4.59. The average Bonchev–Trinajstić information content (AvgIpc) is 2.98. The van der Waals surface area contributed by atoms with E-state index in [9.17, 15) is 18.0 Å². The zero-order valence-corrected chi connectivity index (χ0v) is 15.3. The summed E-state index contributed by atoms with van der Waals surface area (Å²) < 4.78 is 41.6. The summed E-state index contributed by atoms with van der Waals surface area (Å²) in [5, 5.41) is 3.42. The molecule has 0 radical (unpaired) electrons. The van der Waals surface area contributed by atoms with Gasteiger partial charge in [0.15, 0.2) is 10.1 Å². The molecule has 0 spiro atoms. The quantitative estimate of drug-likeness (QED) is 0.658. The molecule has 0 N–H and O–H groups in total. The third kappa shape index (κ3) is 2.92. The molecule has 138 valence electrons. The maximum atomic E-state index is 13.1. The van der Waals surface area contributed by atoms with Gasteiger partial charge in [-0.1, -0.05) is 18.0 Å². The van der Waals surface area contributed by atoms with Crippen molar-refractivity contribution in [3.05, 3.63) is 49.6 Å². The smallest absolute Gasteiger partial charge is 0.269 e. The van der Waals surface area contributed by atoms with Gasteiger partial charge in [0.25, 0.3) is 5.56 Å². The first kappa shape index (κ1) is 17.5. The second kappa shape index (κ2) is 6.09. The lowest BCUT2D eigenvalue weighted by molar-refractivity contribution is -0.144. The molecule has 26 heavy (non-hydrogen) atoms.